The van der Waals surface area contributed by atoms with Crippen LogP contribution in [0.25, 0.3) is 10.9 Å². The molecule has 0 aliphatic carbocycles. The van der Waals surface area contributed by atoms with Crippen molar-refractivity contribution in [3.05, 3.63) is 35.5 Å². The number of hydrogen-bond acceptors (Lipinski definition) is 2. The van der Waals surface area contributed by atoms with Gasteiger partial charge < -0.3 is 14.6 Å². The van der Waals surface area contributed by atoms with Crippen LogP contribution in [0.4, 0.5) is 4.79 Å². The Morgan fingerprint density at radius 1 is 1.33 bits per heavy atom. The van der Waals surface area contributed by atoms with E-state index in [9.17, 15) is 4.79 Å². The molecule has 1 N–H and O–H groups in total. The zero-order chi connectivity index (χ0) is 14.8. The maximum Gasteiger partial charge on any atom is 0.409 e. The van der Waals surface area contributed by atoms with Crippen molar-refractivity contribution < 1.29 is 9.53 Å². The molecule has 3 rings (SSSR count). The van der Waals surface area contributed by atoms with Gasteiger partial charge in [-0.2, -0.15) is 0 Å². The number of likely N-dealkylation sites (tertiary alicyclic amines) is 1. The topological polar surface area (TPSA) is 45.3 Å². The third-order valence-electron chi connectivity index (χ3n) is 4.37. The molecule has 0 saturated carbocycles. The maximum absolute atomic E-state index is 11.8. The van der Waals surface area contributed by atoms with Gasteiger partial charge in [0.2, 0.25) is 0 Å². The number of hydrogen-bond donors (Lipinski definition) is 1. The lowest BCUT2D eigenvalue weighted by Gasteiger charge is -2.31. The normalized spacial score (nSPS) is 16.4. The van der Waals surface area contributed by atoms with Crippen LogP contribution in [-0.4, -0.2) is 35.7 Å². The van der Waals surface area contributed by atoms with Crippen LogP contribution in [0.1, 0.15) is 36.9 Å². The number of amides is 1. The monoisotopic (exact) mass is 286 g/mol. The zero-order valence-corrected chi connectivity index (χ0v) is 12.7. The molecule has 1 aromatic heterocycles. The van der Waals surface area contributed by atoms with E-state index in [2.05, 4.69) is 36.2 Å². The minimum Gasteiger partial charge on any atom is -0.450 e. The van der Waals surface area contributed by atoms with Crippen LogP contribution in [-0.2, 0) is 4.74 Å². The molecule has 1 saturated heterocycles. The quantitative estimate of drug-likeness (QED) is 0.912. The fraction of sp³-hybridized carbons (Fsp3) is 0.471. The van der Waals surface area contributed by atoms with E-state index in [0.29, 0.717) is 12.5 Å². The van der Waals surface area contributed by atoms with Crippen molar-refractivity contribution >= 4 is 17.0 Å². The molecule has 4 nitrogen and oxygen atoms in total. The highest BCUT2D eigenvalue weighted by molar-refractivity contribution is 5.85. The van der Waals surface area contributed by atoms with E-state index in [1.807, 2.05) is 11.8 Å². The van der Waals surface area contributed by atoms with E-state index in [0.717, 1.165) is 25.9 Å². The van der Waals surface area contributed by atoms with E-state index in [4.69, 9.17) is 4.74 Å². The number of benzene rings is 1. The van der Waals surface area contributed by atoms with Crippen LogP contribution in [0, 0.1) is 6.92 Å². The highest BCUT2D eigenvalue weighted by Crippen LogP contribution is 2.35. The Morgan fingerprint density at radius 3 is 2.76 bits per heavy atom. The van der Waals surface area contributed by atoms with Crippen molar-refractivity contribution in [2.45, 2.75) is 32.6 Å². The molecule has 112 valence electrons. The first-order valence-electron chi connectivity index (χ1n) is 7.69. The van der Waals surface area contributed by atoms with Gasteiger partial charge in [0.25, 0.3) is 0 Å². The van der Waals surface area contributed by atoms with Crippen molar-refractivity contribution in [3.8, 4) is 0 Å². The lowest BCUT2D eigenvalue weighted by molar-refractivity contribution is 0.0971. The highest BCUT2D eigenvalue weighted by atomic mass is 16.6. The number of H-pyrrole nitrogens is 1. The largest absolute Gasteiger partial charge is 0.450 e. The summed E-state index contributed by atoms with van der Waals surface area (Å²) in [6.45, 7) is 6.00. The molecule has 2 heterocycles. The highest BCUT2D eigenvalue weighted by Gasteiger charge is 2.27. The van der Waals surface area contributed by atoms with Gasteiger partial charge >= 0.3 is 6.09 Å². The minimum absolute atomic E-state index is 0.174. The first-order valence-corrected chi connectivity index (χ1v) is 7.69. The van der Waals surface area contributed by atoms with Crippen LogP contribution < -0.4 is 0 Å². The first kappa shape index (κ1) is 14.0. The van der Waals surface area contributed by atoms with Crippen molar-refractivity contribution in [2.24, 2.45) is 0 Å². The maximum atomic E-state index is 11.8. The average molecular weight is 286 g/mol. The van der Waals surface area contributed by atoms with Crippen LogP contribution in [0.5, 0.6) is 0 Å². The third-order valence-corrected chi connectivity index (χ3v) is 4.37. The number of aryl methyl sites for hydroxylation is 1. The second-order valence-corrected chi connectivity index (χ2v) is 5.67. The van der Waals surface area contributed by atoms with Gasteiger partial charge in [-0.1, -0.05) is 18.2 Å². The summed E-state index contributed by atoms with van der Waals surface area (Å²) in [7, 11) is 0. The number of nitrogens with one attached hydrogen (secondary N) is 1. The molecule has 21 heavy (non-hydrogen) atoms. The lowest BCUT2D eigenvalue weighted by atomic mass is 9.87. The Morgan fingerprint density at radius 2 is 2.05 bits per heavy atom. The summed E-state index contributed by atoms with van der Waals surface area (Å²) >= 11 is 0. The summed E-state index contributed by atoms with van der Waals surface area (Å²) in [5.41, 5.74) is 3.89. The first-order chi connectivity index (χ1) is 10.2. The number of carbonyl (C=O) groups is 1. The average Bonchev–Trinajstić information content (AvgIpc) is 2.83. The zero-order valence-electron chi connectivity index (χ0n) is 12.7. The van der Waals surface area contributed by atoms with Gasteiger partial charge in [0.15, 0.2) is 0 Å². The van der Waals surface area contributed by atoms with Gasteiger partial charge in [-0.05, 0) is 44.2 Å². The Labute approximate surface area is 125 Å². The standard InChI is InChI=1S/C17H22N2O2/c1-3-21-17(20)19-10-8-13(9-11-19)16-12(2)18-15-7-5-4-6-14(15)16/h4-7,13,18H,3,8-11H2,1-2H3. The van der Waals surface area contributed by atoms with E-state index in [-0.39, 0.29) is 6.09 Å². The summed E-state index contributed by atoms with van der Waals surface area (Å²) in [4.78, 5) is 17.1. The Hall–Kier alpha value is -1.97. The number of carbonyl (C=O) groups excluding carboxylic acids is 1. The molecule has 0 atom stereocenters. The second-order valence-electron chi connectivity index (χ2n) is 5.67. The van der Waals surface area contributed by atoms with Gasteiger partial charge in [-0.25, -0.2) is 4.79 Å². The number of piperidine rings is 1. The van der Waals surface area contributed by atoms with Crippen molar-refractivity contribution in [1.29, 1.82) is 0 Å². The van der Waals surface area contributed by atoms with Gasteiger partial charge in [0.05, 0.1) is 6.61 Å². The van der Waals surface area contributed by atoms with Gasteiger partial charge in [-0.15, -0.1) is 0 Å². The van der Waals surface area contributed by atoms with Crippen LogP contribution >= 0.6 is 0 Å². The predicted molar refractivity (Wildman–Crippen MR) is 83.6 cm³/mol. The Balaban J connectivity index is 1.77. The number of nitrogens with zero attached hydrogens (tertiary/aromatic N) is 1. The van der Waals surface area contributed by atoms with E-state index >= 15 is 0 Å². The van der Waals surface area contributed by atoms with Gasteiger partial charge in [0, 0.05) is 29.7 Å². The number of rotatable bonds is 2. The molecular weight excluding hydrogens is 264 g/mol. The molecule has 4 heteroatoms. The smallest absolute Gasteiger partial charge is 0.409 e. The van der Waals surface area contributed by atoms with Crippen LogP contribution in [0.15, 0.2) is 24.3 Å². The van der Waals surface area contributed by atoms with Crippen molar-refractivity contribution in [1.82, 2.24) is 9.88 Å². The summed E-state index contributed by atoms with van der Waals surface area (Å²) in [6.07, 6.45) is 1.83. The van der Waals surface area contributed by atoms with E-state index < -0.39 is 0 Å². The molecule has 1 aromatic carbocycles. The van der Waals surface area contributed by atoms with Gasteiger partial charge in [-0.3, -0.25) is 0 Å². The number of fused-ring (bicyclic) bond motifs is 1. The lowest BCUT2D eigenvalue weighted by Crippen LogP contribution is -2.38. The summed E-state index contributed by atoms with van der Waals surface area (Å²) in [6, 6.07) is 8.46. The number of para-hydroxylation sites is 1. The SMILES string of the molecule is CCOC(=O)N1CCC(c2c(C)[nH]c3ccccc23)CC1. The molecule has 1 aliphatic heterocycles. The molecule has 0 spiro atoms. The third kappa shape index (κ3) is 2.62. The Kier molecular flexibility index (Phi) is 3.86. The number of ether oxygens (including phenoxy) is 1. The van der Waals surface area contributed by atoms with Crippen LogP contribution in [0.3, 0.4) is 0 Å². The van der Waals surface area contributed by atoms with E-state index in [1.165, 1.54) is 22.2 Å². The molecule has 0 bridgehead atoms. The fourth-order valence-electron chi connectivity index (χ4n) is 3.39. The summed E-state index contributed by atoms with van der Waals surface area (Å²) in [5, 5.41) is 1.32. The second kappa shape index (κ2) is 5.80. The Bertz CT molecular complexity index is 639. The van der Waals surface area contributed by atoms with E-state index in [1.54, 1.807) is 0 Å². The summed E-state index contributed by atoms with van der Waals surface area (Å²) in [5.74, 6) is 0.520. The molecule has 0 radical (unpaired) electrons. The molecule has 0 unspecified atom stereocenters. The fourth-order valence-corrected chi connectivity index (χ4v) is 3.39. The van der Waals surface area contributed by atoms with Crippen molar-refractivity contribution in [2.75, 3.05) is 19.7 Å². The molecule has 1 amide bonds. The van der Waals surface area contributed by atoms with Crippen molar-refractivity contribution in [3.63, 3.8) is 0 Å². The number of aromatic nitrogens is 1. The number of aromatic amines is 1. The predicted octanol–water partition coefficient (Wildman–Crippen LogP) is 3.81. The molecule has 2 aromatic rings. The molecular formula is C17H22N2O2. The molecule has 1 fully saturated rings. The minimum atomic E-state index is -0.174. The van der Waals surface area contributed by atoms with Crippen LogP contribution in [0.2, 0.25) is 0 Å². The summed E-state index contributed by atoms with van der Waals surface area (Å²) < 4.78 is 5.08. The molecule has 1 aliphatic rings. The van der Waals surface area contributed by atoms with Gasteiger partial charge in [0.1, 0.15) is 0 Å².